The Labute approximate surface area is 131 Å². The largest absolute Gasteiger partial charge is 0.478 e. The molecule has 0 aliphatic rings. The molecule has 0 radical (unpaired) electrons. The molecule has 22 heavy (non-hydrogen) atoms. The number of anilines is 1. The van der Waals surface area contributed by atoms with Crippen LogP contribution in [-0.4, -0.2) is 22.8 Å². The van der Waals surface area contributed by atoms with Gasteiger partial charge in [0.2, 0.25) is 5.91 Å². The summed E-state index contributed by atoms with van der Waals surface area (Å²) in [6.45, 7) is 0. The van der Waals surface area contributed by atoms with Crippen molar-refractivity contribution in [3.8, 4) is 0 Å². The number of ketones is 1. The van der Waals surface area contributed by atoms with E-state index in [9.17, 15) is 14.4 Å². The quantitative estimate of drug-likeness (QED) is 0.655. The van der Waals surface area contributed by atoms with Crippen molar-refractivity contribution in [3.05, 3.63) is 64.7 Å². The molecule has 5 nitrogen and oxygen atoms in total. The van der Waals surface area contributed by atoms with E-state index in [0.717, 1.165) is 0 Å². The van der Waals surface area contributed by atoms with Crippen LogP contribution in [-0.2, 0) is 4.79 Å². The number of rotatable bonds is 5. The molecule has 2 N–H and O–H groups in total. The van der Waals surface area contributed by atoms with E-state index in [1.54, 1.807) is 30.3 Å². The van der Waals surface area contributed by atoms with Gasteiger partial charge in [-0.2, -0.15) is 0 Å². The van der Waals surface area contributed by atoms with Gasteiger partial charge in [-0.05, 0) is 18.2 Å². The zero-order valence-corrected chi connectivity index (χ0v) is 12.1. The molecule has 2 rings (SSSR count). The van der Waals surface area contributed by atoms with E-state index >= 15 is 0 Å². The summed E-state index contributed by atoms with van der Waals surface area (Å²) in [5.41, 5.74) is 0.588. The molecular formula is C16H12ClNO4. The number of carboxylic acids is 1. The first-order chi connectivity index (χ1) is 10.5. The molecule has 0 fully saturated rings. The zero-order chi connectivity index (χ0) is 16.1. The number of carbonyl (C=O) groups excluding carboxylic acids is 2. The minimum atomic E-state index is -1.13. The lowest BCUT2D eigenvalue weighted by molar-refractivity contribution is -0.115. The van der Waals surface area contributed by atoms with E-state index in [1.165, 1.54) is 18.2 Å². The lowest BCUT2D eigenvalue weighted by Gasteiger charge is -2.08. The summed E-state index contributed by atoms with van der Waals surface area (Å²) in [4.78, 5) is 34.7. The van der Waals surface area contributed by atoms with Crippen LogP contribution in [0.25, 0.3) is 0 Å². The van der Waals surface area contributed by atoms with Crippen LogP contribution in [0, 0.1) is 0 Å². The van der Waals surface area contributed by atoms with Gasteiger partial charge in [-0.15, -0.1) is 0 Å². The van der Waals surface area contributed by atoms with Gasteiger partial charge in [-0.3, -0.25) is 9.59 Å². The monoisotopic (exact) mass is 317 g/mol. The third-order valence-electron chi connectivity index (χ3n) is 2.90. The Balaban J connectivity index is 2.08. The fourth-order valence-electron chi connectivity index (χ4n) is 1.82. The van der Waals surface area contributed by atoms with E-state index in [4.69, 9.17) is 16.7 Å². The van der Waals surface area contributed by atoms with Gasteiger partial charge in [0, 0.05) is 5.56 Å². The van der Waals surface area contributed by atoms with Crippen LogP contribution in [0.1, 0.15) is 27.1 Å². The Hall–Kier alpha value is -2.66. The smallest absolute Gasteiger partial charge is 0.335 e. The Morgan fingerprint density at radius 3 is 2.32 bits per heavy atom. The predicted octanol–water partition coefficient (Wildman–Crippen LogP) is 3.25. The van der Waals surface area contributed by atoms with Crippen LogP contribution in [0.15, 0.2) is 48.5 Å². The van der Waals surface area contributed by atoms with Crippen LogP contribution in [0.2, 0.25) is 5.02 Å². The number of halogens is 1. The van der Waals surface area contributed by atoms with Crippen molar-refractivity contribution < 1.29 is 19.5 Å². The van der Waals surface area contributed by atoms with E-state index in [-0.39, 0.29) is 28.5 Å². The average molecular weight is 318 g/mol. The highest BCUT2D eigenvalue weighted by atomic mass is 35.5. The summed E-state index contributed by atoms with van der Waals surface area (Å²) < 4.78 is 0. The summed E-state index contributed by atoms with van der Waals surface area (Å²) in [5, 5.41) is 11.6. The van der Waals surface area contributed by atoms with Crippen LogP contribution in [0.5, 0.6) is 0 Å². The van der Waals surface area contributed by atoms with Crippen molar-refractivity contribution in [2.75, 3.05) is 5.32 Å². The first kappa shape index (κ1) is 15.7. The highest BCUT2D eigenvalue weighted by molar-refractivity contribution is 6.34. The Morgan fingerprint density at radius 2 is 1.68 bits per heavy atom. The SMILES string of the molecule is O=C(CC(=O)c1ccccc1)Nc1cc(C(=O)O)ccc1Cl. The molecule has 0 bridgehead atoms. The second-order valence-electron chi connectivity index (χ2n) is 4.51. The third-order valence-corrected chi connectivity index (χ3v) is 3.23. The molecule has 0 unspecified atom stereocenters. The van der Waals surface area contributed by atoms with Crippen molar-refractivity contribution in [2.45, 2.75) is 6.42 Å². The second-order valence-corrected chi connectivity index (χ2v) is 4.92. The number of amides is 1. The molecule has 0 spiro atoms. The van der Waals surface area contributed by atoms with Crippen LogP contribution < -0.4 is 5.32 Å². The molecule has 1 amide bonds. The van der Waals surface area contributed by atoms with E-state index < -0.39 is 11.9 Å². The Bertz CT molecular complexity index is 728. The number of hydrogen-bond acceptors (Lipinski definition) is 3. The van der Waals surface area contributed by atoms with E-state index in [0.29, 0.717) is 5.56 Å². The number of nitrogens with one attached hydrogen (secondary N) is 1. The Morgan fingerprint density at radius 1 is 1.00 bits per heavy atom. The molecular weight excluding hydrogens is 306 g/mol. The highest BCUT2D eigenvalue weighted by Crippen LogP contribution is 2.23. The van der Waals surface area contributed by atoms with Crippen molar-refractivity contribution in [3.63, 3.8) is 0 Å². The number of benzene rings is 2. The standard InChI is InChI=1S/C16H12ClNO4/c17-12-7-6-11(16(21)22)8-13(12)18-15(20)9-14(19)10-4-2-1-3-5-10/h1-8H,9H2,(H,18,20)(H,21,22). The number of carbonyl (C=O) groups is 3. The predicted molar refractivity (Wildman–Crippen MR) is 82.4 cm³/mol. The molecule has 0 saturated heterocycles. The van der Waals surface area contributed by atoms with Gasteiger partial charge in [0.25, 0.3) is 0 Å². The Kier molecular flexibility index (Phi) is 4.91. The lowest BCUT2D eigenvalue weighted by Crippen LogP contribution is -2.17. The third kappa shape index (κ3) is 3.93. The van der Waals surface area contributed by atoms with Gasteiger partial charge in [0.15, 0.2) is 5.78 Å². The van der Waals surface area contributed by atoms with Crippen LogP contribution in [0.4, 0.5) is 5.69 Å². The van der Waals surface area contributed by atoms with Crippen LogP contribution >= 0.6 is 11.6 Å². The van der Waals surface area contributed by atoms with Gasteiger partial charge in [0.05, 0.1) is 22.7 Å². The first-order valence-corrected chi connectivity index (χ1v) is 6.76. The fraction of sp³-hybridized carbons (Fsp3) is 0.0625. The van der Waals surface area contributed by atoms with E-state index in [2.05, 4.69) is 5.32 Å². The maximum absolute atomic E-state index is 11.9. The summed E-state index contributed by atoms with van der Waals surface area (Å²) in [7, 11) is 0. The molecule has 0 aliphatic heterocycles. The van der Waals surface area contributed by atoms with Crippen molar-refractivity contribution in [1.82, 2.24) is 0 Å². The van der Waals surface area contributed by atoms with Crippen LogP contribution in [0.3, 0.4) is 0 Å². The maximum Gasteiger partial charge on any atom is 0.335 e. The minimum absolute atomic E-state index is 0.00548. The second kappa shape index (κ2) is 6.87. The molecule has 0 heterocycles. The van der Waals surface area contributed by atoms with Crippen molar-refractivity contribution in [2.24, 2.45) is 0 Å². The van der Waals surface area contributed by atoms with Gasteiger partial charge in [0.1, 0.15) is 0 Å². The molecule has 112 valence electrons. The molecule has 0 aliphatic carbocycles. The number of carboxylic acid groups (broad SMARTS) is 1. The summed E-state index contributed by atoms with van der Waals surface area (Å²) in [5.74, 6) is -2.02. The maximum atomic E-state index is 11.9. The lowest BCUT2D eigenvalue weighted by atomic mass is 10.1. The topological polar surface area (TPSA) is 83.5 Å². The molecule has 2 aromatic rings. The number of Topliss-reactive ketones (excluding diaryl/α,β-unsaturated/α-hetero) is 1. The average Bonchev–Trinajstić information content (AvgIpc) is 2.50. The summed E-state index contributed by atoms with van der Waals surface area (Å²) in [6.07, 6.45) is -0.350. The molecule has 0 atom stereocenters. The van der Waals surface area contributed by atoms with Gasteiger partial charge >= 0.3 is 5.97 Å². The first-order valence-electron chi connectivity index (χ1n) is 6.38. The normalized spacial score (nSPS) is 10.0. The number of hydrogen-bond donors (Lipinski definition) is 2. The zero-order valence-electron chi connectivity index (χ0n) is 11.4. The van der Waals surface area contributed by atoms with Crippen molar-refractivity contribution >= 4 is 34.9 Å². The molecule has 0 aromatic heterocycles. The molecule has 2 aromatic carbocycles. The number of aromatic carboxylic acids is 1. The molecule has 0 saturated carbocycles. The summed E-state index contributed by atoms with van der Waals surface area (Å²) >= 11 is 5.91. The van der Waals surface area contributed by atoms with E-state index in [1.807, 2.05) is 0 Å². The minimum Gasteiger partial charge on any atom is -0.478 e. The summed E-state index contributed by atoms with van der Waals surface area (Å²) in [6, 6.07) is 12.4. The molecule has 6 heteroatoms. The van der Waals surface area contributed by atoms with Crippen molar-refractivity contribution in [1.29, 1.82) is 0 Å². The van der Waals surface area contributed by atoms with Gasteiger partial charge in [-0.25, -0.2) is 4.79 Å². The van der Waals surface area contributed by atoms with Gasteiger partial charge < -0.3 is 10.4 Å². The highest BCUT2D eigenvalue weighted by Gasteiger charge is 2.14. The van der Waals surface area contributed by atoms with Gasteiger partial charge in [-0.1, -0.05) is 41.9 Å². The fourth-order valence-corrected chi connectivity index (χ4v) is 1.99.